The van der Waals surface area contributed by atoms with Gasteiger partial charge in [-0.15, -0.1) is 0 Å². The highest BCUT2D eigenvalue weighted by atomic mass is 79.9. The van der Waals surface area contributed by atoms with E-state index >= 15 is 0 Å². The topological polar surface area (TPSA) is 9.23 Å². The van der Waals surface area contributed by atoms with Gasteiger partial charge in [0.2, 0.25) is 0 Å². The molecule has 0 fully saturated rings. The predicted octanol–water partition coefficient (Wildman–Crippen LogP) is 5.90. The Bertz CT molecular complexity index is 526. The van der Waals surface area contributed by atoms with Crippen LogP contribution in [0, 0.1) is 0 Å². The first kappa shape index (κ1) is 13.1. The molecule has 4 heteroatoms. The zero-order chi connectivity index (χ0) is 12.3. The first-order valence-corrected chi connectivity index (χ1v) is 7.68. The Balaban J connectivity index is 2.25. The van der Waals surface area contributed by atoms with Gasteiger partial charge >= 0.3 is 0 Å². The van der Waals surface area contributed by atoms with E-state index in [0.29, 0.717) is 0 Å². The van der Waals surface area contributed by atoms with E-state index in [-0.39, 0.29) is 0 Å². The van der Waals surface area contributed by atoms with Gasteiger partial charge < -0.3 is 4.74 Å². The zero-order valence-corrected chi connectivity index (χ0v) is 13.5. The van der Waals surface area contributed by atoms with E-state index in [9.17, 15) is 0 Å². The summed E-state index contributed by atoms with van der Waals surface area (Å²) in [4.78, 5) is 0. The minimum Gasteiger partial charge on any atom is -0.456 e. The van der Waals surface area contributed by atoms with E-state index in [1.54, 1.807) is 0 Å². The Morgan fingerprint density at radius 1 is 0.941 bits per heavy atom. The Kier molecular flexibility index (Phi) is 4.65. The van der Waals surface area contributed by atoms with E-state index in [4.69, 9.17) is 4.74 Å². The normalized spacial score (nSPS) is 10.3. The van der Waals surface area contributed by atoms with Crippen molar-refractivity contribution in [3.8, 4) is 11.5 Å². The molecule has 0 aliphatic heterocycles. The van der Waals surface area contributed by atoms with Crippen LogP contribution >= 0.6 is 47.8 Å². The number of hydrogen-bond acceptors (Lipinski definition) is 1. The minimum atomic E-state index is 0.811. The van der Waals surface area contributed by atoms with Crippen LogP contribution in [0.2, 0.25) is 0 Å². The molecule has 0 amide bonds. The monoisotopic (exact) mass is 418 g/mol. The summed E-state index contributed by atoms with van der Waals surface area (Å²) in [7, 11) is 0. The van der Waals surface area contributed by atoms with Gasteiger partial charge in [-0.2, -0.15) is 0 Å². The van der Waals surface area contributed by atoms with Gasteiger partial charge in [-0.3, -0.25) is 0 Å². The highest BCUT2D eigenvalue weighted by Crippen LogP contribution is 2.31. The van der Waals surface area contributed by atoms with Gasteiger partial charge in [0.25, 0.3) is 0 Å². The fourth-order valence-electron chi connectivity index (χ4n) is 1.35. The van der Waals surface area contributed by atoms with Crippen LogP contribution in [0.5, 0.6) is 11.5 Å². The fourth-order valence-corrected chi connectivity index (χ4v) is 3.08. The number of benzene rings is 2. The van der Waals surface area contributed by atoms with Crippen LogP contribution < -0.4 is 4.74 Å². The number of para-hydroxylation sites is 1. The van der Waals surface area contributed by atoms with Gasteiger partial charge in [0.05, 0.1) is 4.47 Å². The quantitative estimate of drug-likeness (QED) is 0.562. The molecule has 0 N–H and O–H groups in total. The number of ether oxygens (including phenoxy) is 1. The second-order valence-corrected chi connectivity index (χ2v) is 5.69. The Hall–Kier alpha value is -0.320. The van der Waals surface area contributed by atoms with Gasteiger partial charge in [-0.25, -0.2) is 0 Å². The molecule has 0 heterocycles. The molecule has 0 spiro atoms. The molecule has 0 saturated heterocycles. The first-order chi connectivity index (χ1) is 8.20. The minimum absolute atomic E-state index is 0.811. The fraction of sp³-hybridized carbons (Fsp3) is 0.0769. The average Bonchev–Trinajstić information content (AvgIpc) is 2.32. The largest absolute Gasteiger partial charge is 0.456 e. The van der Waals surface area contributed by atoms with Gasteiger partial charge in [-0.1, -0.05) is 50.1 Å². The highest BCUT2D eigenvalue weighted by Gasteiger charge is 2.04. The maximum Gasteiger partial charge on any atom is 0.141 e. The van der Waals surface area contributed by atoms with Crippen molar-refractivity contribution < 1.29 is 4.74 Å². The van der Waals surface area contributed by atoms with Crippen molar-refractivity contribution in [2.45, 2.75) is 5.33 Å². The molecule has 0 unspecified atom stereocenters. The molecular weight excluding hydrogens is 412 g/mol. The SMILES string of the molecule is BrCc1ccc(Oc2ccccc2Br)cc1Br. The molecule has 0 atom stereocenters. The molecule has 0 aliphatic carbocycles. The summed E-state index contributed by atoms with van der Waals surface area (Å²) in [5, 5.41) is 0.822. The van der Waals surface area contributed by atoms with Gasteiger partial charge in [0, 0.05) is 9.80 Å². The molecule has 0 radical (unpaired) electrons. The lowest BCUT2D eigenvalue weighted by Crippen LogP contribution is -1.87. The zero-order valence-electron chi connectivity index (χ0n) is 8.79. The summed E-state index contributed by atoms with van der Waals surface area (Å²) < 4.78 is 7.78. The molecule has 2 rings (SSSR count). The molecule has 2 aromatic carbocycles. The molecule has 0 bridgehead atoms. The number of rotatable bonds is 3. The lowest BCUT2D eigenvalue weighted by Gasteiger charge is -2.09. The van der Waals surface area contributed by atoms with E-state index in [1.807, 2.05) is 42.5 Å². The van der Waals surface area contributed by atoms with E-state index in [2.05, 4.69) is 47.8 Å². The van der Waals surface area contributed by atoms with Gasteiger partial charge in [0.1, 0.15) is 11.5 Å². The maximum atomic E-state index is 5.80. The van der Waals surface area contributed by atoms with E-state index in [1.165, 1.54) is 5.56 Å². The van der Waals surface area contributed by atoms with Crippen LogP contribution in [0.25, 0.3) is 0 Å². The molecule has 0 aromatic heterocycles. The van der Waals surface area contributed by atoms with E-state index in [0.717, 1.165) is 25.8 Å². The van der Waals surface area contributed by atoms with E-state index < -0.39 is 0 Å². The smallest absolute Gasteiger partial charge is 0.141 e. The summed E-state index contributed by atoms with van der Waals surface area (Å²) >= 11 is 10.4. The molecule has 88 valence electrons. The third kappa shape index (κ3) is 3.33. The van der Waals surface area contributed by atoms with Gasteiger partial charge in [0.15, 0.2) is 0 Å². The Morgan fingerprint density at radius 2 is 1.71 bits per heavy atom. The summed E-state index contributed by atoms with van der Waals surface area (Å²) in [5.74, 6) is 1.62. The van der Waals surface area contributed by atoms with Crippen LogP contribution in [0.15, 0.2) is 51.4 Å². The molecule has 1 nitrogen and oxygen atoms in total. The van der Waals surface area contributed by atoms with Crippen molar-refractivity contribution in [1.82, 2.24) is 0 Å². The summed E-state index contributed by atoms with van der Waals surface area (Å²) in [5.41, 5.74) is 1.20. The second kappa shape index (κ2) is 6.03. The molecule has 0 saturated carbocycles. The van der Waals surface area contributed by atoms with Crippen LogP contribution in [-0.2, 0) is 5.33 Å². The average molecular weight is 421 g/mol. The number of halogens is 3. The van der Waals surface area contributed by atoms with Crippen LogP contribution in [0.1, 0.15) is 5.56 Å². The van der Waals surface area contributed by atoms with Crippen LogP contribution in [0.3, 0.4) is 0 Å². The molecule has 2 aromatic rings. The van der Waals surface area contributed by atoms with Crippen molar-refractivity contribution in [2.24, 2.45) is 0 Å². The molecular formula is C13H9Br3O. The number of hydrogen-bond donors (Lipinski definition) is 0. The maximum absolute atomic E-state index is 5.80. The van der Waals surface area contributed by atoms with Crippen LogP contribution in [0.4, 0.5) is 0 Å². The third-order valence-electron chi connectivity index (χ3n) is 2.23. The van der Waals surface area contributed by atoms with Crippen molar-refractivity contribution in [1.29, 1.82) is 0 Å². The highest BCUT2D eigenvalue weighted by molar-refractivity contribution is 9.11. The summed E-state index contributed by atoms with van der Waals surface area (Å²) in [6.07, 6.45) is 0. The van der Waals surface area contributed by atoms with Crippen LogP contribution in [-0.4, -0.2) is 0 Å². The second-order valence-electron chi connectivity index (χ2n) is 3.42. The molecule has 0 aliphatic rings. The van der Waals surface area contributed by atoms with Crippen molar-refractivity contribution in [3.63, 3.8) is 0 Å². The Labute approximate surface area is 126 Å². The Morgan fingerprint density at radius 3 is 2.35 bits per heavy atom. The van der Waals surface area contributed by atoms with Gasteiger partial charge in [-0.05, 0) is 45.8 Å². The van der Waals surface area contributed by atoms with Crippen molar-refractivity contribution >= 4 is 47.8 Å². The standard InChI is InChI=1S/C13H9Br3O/c14-8-9-5-6-10(7-12(9)16)17-13-4-2-1-3-11(13)15/h1-7H,8H2. The summed E-state index contributed by atoms with van der Waals surface area (Å²) in [6, 6.07) is 13.7. The van der Waals surface area contributed by atoms with Crippen molar-refractivity contribution in [3.05, 3.63) is 57.0 Å². The first-order valence-electron chi connectivity index (χ1n) is 4.97. The predicted molar refractivity (Wildman–Crippen MR) is 81.0 cm³/mol. The summed E-state index contributed by atoms with van der Waals surface area (Å²) in [6.45, 7) is 0. The third-order valence-corrected chi connectivity index (χ3v) is 4.23. The lowest BCUT2D eigenvalue weighted by atomic mass is 10.2. The molecule has 17 heavy (non-hydrogen) atoms. The van der Waals surface area contributed by atoms with Crippen molar-refractivity contribution in [2.75, 3.05) is 0 Å². The lowest BCUT2D eigenvalue weighted by molar-refractivity contribution is 0.479. The number of alkyl halides is 1.